The fourth-order valence-corrected chi connectivity index (χ4v) is 3.50. The van der Waals surface area contributed by atoms with Crippen molar-refractivity contribution in [3.05, 3.63) is 36.0 Å². The number of aliphatic hydroxyl groups excluding tert-OH is 1. The molecule has 34 heavy (non-hydrogen) atoms. The van der Waals surface area contributed by atoms with Gasteiger partial charge in [-0.25, -0.2) is 9.78 Å². The largest absolute Gasteiger partial charge is 0.492 e. The summed E-state index contributed by atoms with van der Waals surface area (Å²) in [7, 11) is 0. The van der Waals surface area contributed by atoms with E-state index >= 15 is 0 Å². The van der Waals surface area contributed by atoms with Crippen LogP contribution in [0.2, 0.25) is 0 Å². The number of amides is 2. The van der Waals surface area contributed by atoms with Gasteiger partial charge in [0, 0.05) is 18.7 Å². The standard InChI is InChI=1S/C23H34N4O6S/c1-2-3-4-5-6-12-32-22(30)27-20-15-26-23(34-20)33-16-18(28)14-25-11-13-31-19-9-7-17(8-10-19)21(24)29/h7-10,15,18,25,28H,2-6,11-14,16H2,1H3,(H2,24,29)(H,27,30). The molecule has 0 aliphatic carbocycles. The van der Waals surface area contributed by atoms with Crippen LogP contribution < -0.4 is 25.8 Å². The lowest BCUT2D eigenvalue weighted by Gasteiger charge is -2.12. The van der Waals surface area contributed by atoms with Gasteiger partial charge >= 0.3 is 6.09 Å². The van der Waals surface area contributed by atoms with Crippen molar-refractivity contribution in [3.63, 3.8) is 0 Å². The number of aromatic nitrogens is 1. The van der Waals surface area contributed by atoms with Crippen molar-refractivity contribution in [1.82, 2.24) is 10.3 Å². The third kappa shape index (κ3) is 11.3. The van der Waals surface area contributed by atoms with Crippen molar-refractivity contribution in [2.24, 2.45) is 5.73 Å². The molecule has 1 atom stereocenters. The van der Waals surface area contributed by atoms with Gasteiger partial charge in [-0.05, 0) is 30.7 Å². The van der Waals surface area contributed by atoms with Crippen LogP contribution in [-0.2, 0) is 4.74 Å². The lowest BCUT2D eigenvalue weighted by Crippen LogP contribution is -2.33. The van der Waals surface area contributed by atoms with E-state index in [2.05, 4.69) is 22.5 Å². The monoisotopic (exact) mass is 494 g/mol. The number of rotatable bonds is 17. The van der Waals surface area contributed by atoms with E-state index in [-0.39, 0.29) is 6.61 Å². The molecule has 1 aromatic carbocycles. The second-order valence-electron chi connectivity index (χ2n) is 7.57. The van der Waals surface area contributed by atoms with Gasteiger partial charge in [0.15, 0.2) is 0 Å². The second-order valence-corrected chi connectivity index (χ2v) is 8.56. The molecule has 0 aliphatic rings. The molecule has 2 rings (SSSR count). The molecule has 10 nitrogen and oxygen atoms in total. The molecule has 188 valence electrons. The van der Waals surface area contributed by atoms with E-state index in [0.29, 0.717) is 47.8 Å². The van der Waals surface area contributed by atoms with Crippen molar-refractivity contribution >= 4 is 28.3 Å². The maximum atomic E-state index is 11.8. The van der Waals surface area contributed by atoms with Gasteiger partial charge in [-0.2, -0.15) is 0 Å². The molecule has 2 amide bonds. The smallest absolute Gasteiger partial charge is 0.412 e. The summed E-state index contributed by atoms with van der Waals surface area (Å²) in [6, 6.07) is 6.55. The summed E-state index contributed by atoms with van der Waals surface area (Å²) in [5, 5.41) is 16.6. The number of primary amides is 1. The molecule has 0 fully saturated rings. The van der Waals surface area contributed by atoms with E-state index in [9.17, 15) is 14.7 Å². The number of hydrogen-bond acceptors (Lipinski definition) is 9. The van der Waals surface area contributed by atoms with Crippen LogP contribution in [0.5, 0.6) is 10.9 Å². The summed E-state index contributed by atoms with van der Waals surface area (Å²) in [5.41, 5.74) is 5.62. The molecule has 0 saturated carbocycles. The molecular weight excluding hydrogens is 460 g/mol. The zero-order chi connectivity index (χ0) is 24.6. The first-order valence-electron chi connectivity index (χ1n) is 11.4. The minimum absolute atomic E-state index is 0.0532. The Labute approximate surface area is 203 Å². The van der Waals surface area contributed by atoms with Crippen LogP contribution in [0.1, 0.15) is 49.4 Å². The fraction of sp³-hybridized carbons (Fsp3) is 0.522. The summed E-state index contributed by atoms with van der Waals surface area (Å²) < 4.78 is 16.2. The van der Waals surface area contributed by atoms with Gasteiger partial charge in [-0.3, -0.25) is 10.1 Å². The average Bonchev–Trinajstić information content (AvgIpc) is 3.27. The van der Waals surface area contributed by atoms with Crippen LogP contribution in [0.15, 0.2) is 30.5 Å². The number of anilines is 1. The first-order valence-corrected chi connectivity index (χ1v) is 12.2. The molecule has 1 heterocycles. The normalized spacial score (nSPS) is 11.6. The number of carbonyl (C=O) groups excluding carboxylic acids is 2. The number of ether oxygens (including phenoxy) is 3. The first-order chi connectivity index (χ1) is 16.5. The molecule has 0 aliphatic heterocycles. The van der Waals surface area contributed by atoms with Gasteiger partial charge in [0.2, 0.25) is 5.91 Å². The number of nitrogens with zero attached hydrogens (tertiary/aromatic N) is 1. The maximum Gasteiger partial charge on any atom is 0.412 e. The van der Waals surface area contributed by atoms with Gasteiger partial charge in [-0.1, -0.05) is 43.9 Å². The number of carbonyl (C=O) groups is 2. The van der Waals surface area contributed by atoms with Gasteiger partial charge in [0.1, 0.15) is 30.1 Å². The van der Waals surface area contributed by atoms with Crippen molar-refractivity contribution in [2.75, 3.05) is 38.2 Å². The zero-order valence-electron chi connectivity index (χ0n) is 19.5. The predicted octanol–water partition coefficient (Wildman–Crippen LogP) is 3.17. The number of thiazole rings is 1. The van der Waals surface area contributed by atoms with Crippen molar-refractivity contribution in [3.8, 4) is 10.9 Å². The number of hydrogen-bond donors (Lipinski definition) is 4. The summed E-state index contributed by atoms with van der Waals surface area (Å²) in [4.78, 5) is 26.9. The number of benzene rings is 1. The van der Waals surface area contributed by atoms with Gasteiger partial charge in [-0.15, -0.1) is 0 Å². The van der Waals surface area contributed by atoms with Crippen LogP contribution in [0.25, 0.3) is 0 Å². The lowest BCUT2D eigenvalue weighted by molar-refractivity contribution is 0.1000. The van der Waals surface area contributed by atoms with E-state index < -0.39 is 18.1 Å². The SMILES string of the molecule is CCCCCCCOC(=O)Nc1cnc(OCC(O)CNCCOc2ccc(C(N)=O)cc2)s1. The molecular formula is C23H34N4O6S. The lowest BCUT2D eigenvalue weighted by atomic mass is 10.2. The number of aliphatic hydroxyl groups is 1. The van der Waals surface area contributed by atoms with Crippen LogP contribution >= 0.6 is 11.3 Å². The Morgan fingerprint density at radius 3 is 2.62 bits per heavy atom. The summed E-state index contributed by atoms with van der Waals surface area (Å²) in [6.45, 7) is 3.82. The highest BCUT2D eigenvalue weighted by Crippen LogP contribution is 2.25. The van der Waals surface area contributed by atoms with Gasteiger partial charge < -0.3 is 30.4 Å². The zero-order valence-corrected chi connectivity index (χ0v) is 20.3. The Morgan fingerprint density at radius 2 is 1.88 bits per heavy atom. The predicted molar refractivity (Wildman–Crippen MR) is 131 cm³/mol. The molecule has 5 N–H and O–H groups in total. The molecule has 2 aromatic rings. The van der Waals surface area contributed by atoms with E-state index in [1.807, 2.05) is 0 Å². The topological polar surface area (TPSA) is 145 Å². The Bertz CT molecular complexity index is 861. The Morgan fingerprint density at radius 1 is 1.12 bits per heavy atom. The molecule has 1 aromatic heterocycles. The number of unbranched alkanes of at least 4 members (excludes halogenated alkanes) is 4. The van der Waals surface area contributed by atoms with Crippen molar-refractivity contribution in [2.45, 2.75) is 45.1 Å². The van der Waals surface area contributed by atoms with E-state index in [0.717, 1.165) is 30.6 Å². The average molecular weight is 495 g/mol. The Balaban J connectivity index is 1.53. The van der Waals surface area contributed by atoms with Crippen molar-refractivity contribution < 1.29 is 28.9 Å². The van der Waals surface area contributed by atoms with Crippen LogP contribution in [-0.4, -0.2) is 61.1 Å². The highest BCUT2D eigenvalue weighted by molar-refractivity contribution is 7.17. The van der Waals surface area contributed by atoms with Crippen molar-refractivity contribution in [1.29, 1.82) is 0 Å². The third-order valence-electron chi connectivity index (χ3n) is 4.66. The van der Waals surface area contributed by atoms with Crippen LogP contribution in [0, 0.1) is 0 Å². The van der Waals surface area contributed by atoms with Crippen LogP contribution in [0.4, 0.5) is 9.80 Å². The van der Waals surface area contributed by atoms with Crippen LogP contribution in [0.3, 0.4) is 0 Å². The minimum atomic E-state index is -0.743. The summed E-state index contributed by atoms with van der Waals surface area (Å²) in [5.74, 6) is 0.139. The summed E-state index contributed by atoms with van der Waals surface area (Å²) >= 11 is 1.16. The second kappa shape index (κ2) is 15.9. The molecule has 1 unspecified atom stereocenters. The highest BCUT2D eigenvalue weighted by atomic mass is 32.1. The third-order valence-corrected chi connectivity index (χ3v) is 5.48. The van der Waals surface area contributed by atoms with E-state index in [1.165, 1.54) is 19.0 Å². The maximum absolute atomic E-state index is 11.8. The minimum Gasteiger partial charge on any atom is -0.492 e. The Hall–Kier alpha value is -2.89. The Kier molecular flexibility index (Phi) is 12.8. The summed E-state index contributed by atoms with van der Waals surface area (Å²) in [6.07, 6.45) is 5.67. The van der Waals surface area contributed by atoms with E-state index in [1.54, 1.807) is 24.3 Å². The first kappa shape index (κ1) is 27.4. The number of nitrogens with two attached hydrogens (primary N) is 1. The van der Waals surface area contributed by atoms with Gasteiger partial charge in [0.25, 0.3) is 5.19 Å². The van der Waals surface area contributed by atoms with Gasteiger partial charge in [0.05, 0.1) is 12.8 Å². The fourth-order valence-electron chi connectivity index (χ4n) is 2.84. The quantitative estimate of drug-likeness (QED) is 0.245. The highest BCUT2D eigenvalue weighted by Gasteiger charge is 2.10. The molecule has 0 spiro atoms. The molecule has 0 radical (unpaired) electrons. The van der Waals surface area contributed by atoms with E-state index in [4.69, 9.17) is 19.9 Å². The molecule has 11 heteroatoms. The molecule has 0 saturated heterocycles. The number of nitrogens with one attached hydrogen (secondary N) is 2. The molecule has 0 bridgehead atoms.